The van der Waals surface area contributed by atoms with Gasteiger partial charge in [0.1, 0.15) is 0 Å². The Hall–Kier alpha value is -0.0800. The van der Waals surface area contributed by atoms with Gasteiger partial charge in [-0.1, -0.05) is 32.6 Å². The van der Waals surface area contributed by atoms with E-state index in [-0.39, 0.29) is 0 Å². The van der Waals surface area contributed by atoms with Crippen LogP contribution in [0.25, 0.3) is 0 Å². The second-order valence-corrected chi connectivity index (χ2v) is 3.11. The lowest BCUT2D eigenvalue weighted by Gasteiger charge is -1.95. The van der Waals surface area contributed by atoms with Crippen molar-refractivity contribution in [2.75, 3.05) is 7.05 Å². The van der Waals surface area contributed by atoms with Crippen LogP contribution in [-0.4, -0.2) is 18.2 Å². The summed E-state index contributed by atoms with van der Waals surface area (Å²) in [5.41, 5.74) is 3.24. The van der Waals surface area contributed by atoms with E-state index < -0.39 is 0 Å². The summed E-state index contributed by atoms with van der Waals surface area (Å²) in [6.07, 6.45) is 7.57. The SMILES string of the molecule is CCCCCCC1NN1C. The van der Waals surface area contributed by atoms with E-state index in [9.17, 15) is 0 Å². The lowest BCUT2D eigenvalue weighted by atomic mass is 10.1. The first-order valence-electron chi connectivity index (χ1n) is 4.33. The largest absolute Gasteiger partial charge is 0.235 e. The number of unbranched alkanes of at least 4 members (excludes halogenated alkanes) is 3. The van der Waals surface area contributed by atoms with E-state index in [2.05, 4.69) is 24.4 Å². The predicted octanol–water partition coefficient (Wildman–Crippen LogP) is 1.73. The Morgan fingerprint density at radius 3 is 2.50 bits per heavy atom. The first-order chi connectivity index (χ1) is 4.84. The summed E-state index contributed by atoms with van der Waals surface area (Å²) in [7, 11) is 2.10. The summed E-state index contributed by atoms with van der Waals surface area (Å²) in [6, 6.07) is 0. The van der Waals surface area contributed by atoms with Gasteiger partial charge < -0.3 is 0 Å². The number of nitrogens with one attached hydrogen (secondary N) is 1. The molecule has 0 aromatic carbocycles. The van der Waals surface area contributed by atoms with Crippen molar-refractivity contribution in [3.05, 3.63) is 0 Å². The van der Waals surface area contributed by atoms with Crippen LogP contribution in [0.15, 0.2) is 0 Å². The Morgan fingerprint density at radius 1 is 1.30 bits per heavy atom. The van der Waals surface area contributed by atoms with Gasteiger partial charge in [-0.2, -0.15) is 0 Å². The van der Waals surface area contributed by atoms with Gasteiger partial charge in [0.05, 0.1) is 6.17 Å². The van der Waals surface area contributed by atoms with E-state index in [1.54, 1.807) is 0 Å². The molecule has 1 rings (SSSR count). The van der Waals surface area contributed by atoms with Gasteiger partial charge in [-0.25, -0.2) is 10.4 Å². The molecular weight excluding hydrogens is 124 g/mol. The zero-order valence-electron chi connectivity index (χ0n) is 7.06. The molecule has 0 amide bonds. The number of rotatable bonds is 5. The minimum absolute atomic E-state index is 0.705. The number of hydrogen-bond donors (Lipinski definition) is 1. The Morgan fingerprint density at radius 2 is 2.00 bits per heavy atom. The van der Waals surface area contributed by atoms with Gasteiger partial charge in [0, 0.05) is 7.05 Å². The van der Waals surface area contributed by atoms with Crippen molar-refractivity contribution in [3.8, 4) is 0 Å². The lowest BCUT2D eigenvalue weighted by molar-refractivity contribution is 0.541. The second-order valence-electron chi connectivity index (χ2n) is 3.11. The van der Waals surface area contributed by atoms with Gasteiger partial charge in [-0.05, 0) is 6.42 Å². The van der Waals surface area contributed by atoms with Crippen LogP contribution < -0.4 is 5.43 Å². The van der Waals surface area contributed by atoms with E-state index in [0.717, 1.165) is 0 Å². The van der Waals surface area contributed by atoms with Crippen molar-refractivity contribution >= 4 is 0 Å². The molecule has 0 aliphatic carbocycles. The Labute approximate surface area is 63.6 Å². The van der Waals surface area contributed by atoms with E-state index in [1.807, 2.05) is 0 Å². The van der Waals surface area contributed by atoms with Crippen molar-refractivity contribution in [1.82, 2.24) is 10.4 Å². The summed E-state index contributed by atoms with van der Waals surface area (Å²) in [5, 5.41) is 2.17. The van der Waals surface area contributed by atoms with Gasteiger partial charge >= 0.3 is 0 Å². The van der Waals surface area contributed by atoms with Crippen LogP contribution >= 0.6 is 0 Å². The fourth-order valence-corrected chi connectivity index (χ4v) is 1.22. The van der Waals surface area contributed by atoms with Crippen LogP contribution in [0.5, 0.6) is 0 Å². The van der Waals surface area contributed by atoms with Crippen molar-refractivity contribution in [2.45, 2.75) is 45.2 Å². The van der Waals surface area contributed by atoms with Gasteiger partial charge in [0.2, 0.25) is 0 Å². The van der Waals surface area contributed by atoms with Gasteiger partial charge in [-0.15, -0.1) is 0 Å². The Bertz CT molecular complexity index is 93.3. The number of hydrogen-bond acceptors (Lipinski definition) is 2. The molecule has 0 saturated carbocycles. The zero-order valence-corrected chi connectivity index (χ0v) is 7.06. The molecule has 2 atom stereocenters. The molecular formula is C8H18N2. The molecule has 2 heteroatoms. The molecule has 0 aromatic rings. The maximum Gasteiger partial charge on any atom is 0.0860 e. The van der Waals surface area contributed by atoms with Gasteiger partial charge in [0.15, 0.2) is 0 Å². The minimum atomic E-state index is 0.705. The molecule has 1 aliphatic heterocycles. The summed E-state index contributed by atoms with van der Waals surface area (Å²) >= 11 is 0. The zero-order chi connectivity index (χ0) is 7.40. The maximum absolute atomic E-state index is 3.24. The summed E-state index contributed by atoms with van der Waals surface area (Å²) in [6.45, 7) is 2.25. The van der Waals surface area contributed by atoms with E-state index in [1.165, 1.54) is 32.1 Å². The molecule has 0 bridgehead atoms. The first kappa shape index (κ1) is 8.02. The van der Waals surface area contributed by atoms with E-state index >= 15 is 0 Å². The summed E-state index contributed by atoms with van der Waals surface area (Å²) in [5.74, 6) is 0. The molecule has 1 aliphatic rings. The number of hydrazine groups is 1. The normalized spacial score (nSPS) is 30.6. The standard InChI is InChI=1S/C8H18N2/c1-3-4-5-6-7-8-9-10(8)2/h8-9H,3-7H2,1-2H3. The van der Waals surface area contributed by atoms with Crippen LogP contribution in [0.3, 0.4) is 0 Å². The third-order valence-electron chi connectivity index (χ3n) is 2.08. The van der Waals surface area contributed by atoms with Gasteiger partial charge in [-0.3, -0.25) is 0 Å². The highest BCUT2D eigenvalue weighted by molar-refractivity contribution is 4.73. The van der Waals surface area contributed by atoms with Gasteiger partial charge in [0.25, 0.3) is 0 Å². The molecule has 0 aromatic heterocycles. The molecule has 1 heterocycles. The minimum Gasteiger partial charge on any atom is -0.235 e. The average molecular weight is 142 g/mol. The van der Waals surface area contributed by atoms with E-state index in [0.29, 0.717) is 6.17 Å². The molecule has 0 spiro atoms. The smallest absolute Gasteiger partial charge is 0.0860 e. The molecule has 1 fully saturated rings. The Balaban J connectivity index is 1.78. The second kappa shape index (κ2) is 3.94. The molecule has 10 heavy (non-hydrogen) atoms. The Kier molecular flexibility index (Phi) is 3.16. The fraction of sp³-hybridized carbons (Fsp3) is 1.00. The molecule has 2 nitrogen and oxygen atoms in total. The average Bonchev–Trinajstić information content (AvgIpc) is 2.60. The molecule has 1 saturated heterocycles. The highest BCUT2D eigenvalue weighted by Crippen LogP contribution is 2.13. The van der Waals surface area contributed by atoms with Crippen molar-refractivity contribution in [2.24, 2.45) is 0 Å². The molecule has 0 radical (unpaired) electrons. The predicted molar refractivity (Wildman–Crippen MR) is 43.4 cm³/mol. The highest BCUT2D eigenvalue weighted by atomic mass is 15.7. The fourth-order valence-electron chi connectivity index (χ4n) is 1.22. The molecule has 2 unspecified atom stereocenters. The highest BCUT2D eigenvalue weighted by Gasteiger charge is 2.27. The summed E-state index contributed by atoms with van der Waals surface area (Å²) in [4.78, 5) is 0. The number of nitrogens with zero attached hydrogens (tertiary/aromatic N) is 1. The van der Waals surface area contributed by atoms with Crippen molar-refractivity contribution < 1.29 is 0 Å². The van der Waals surface area contributed by atoms with E-state index in [4.69, 9.17) is 0 Å². The third-order valence-corrected chi connectivity index (χ3v) is 2.08. The monoisotopic (exact) mass is 142 g/mol. The van der Waals surface area contributed by atoms with Crippen LogP contribution in [-0.2, 0) is 0 Å². The molecule has 60 valence electrons. The van der Waals surface area contributed by atoms with Crippen LogP contribution in [0.1, 0.15) is 39.0 Å². The van der Waals surface area contributed by atoms with Crippen LogP contribution in [0.2, 0.25) is 0 Å². The maximum atomic E-state index is 3.24. The first-order valence-corrected chi connectivity index (χ1v) is 4.33. The third kappa shape index (κ3) is 2.67. The quantitative estimate of drug-likeness (QED) is 0.467. The topological polar surface area (TPSA) is 25.0 Å². The lowest BCUT2D eigenvalue weighted by Crippen LogP contribution is -1.93. The molecule has 1 N–H and O–H groups in total. The summed E-state index contributed by atoms with van der Waals surface area (Å²) < 4.78 is 0. The van der Waals surface area contributed by atoms with Crippen molar-refractivity contribution in [1.29, 1.82) is 0 Å². The van der Waals surface area contributed by atoms with Crippen molar-refractivity contribution in [3.63, 3.8) is 0 Å². The van der Waals surface area contributed by atoms with Crippen LogP contribution in [0.4, 0.5) is 0 Å². The van der Waals surface area contributed by atoms with Crippen LogP contribution in [0, 0.1) is 0 Å².